The van der Waals surface area contributed by atoms with E-state index in [1.807, 2.05) is 4.98 Å². The molecule has 132 valence electrons. The molecule has 0 saturated carbocycles. The molecule has 0 spiro atoms. The zero-order valence-electron chi connectivity index (χ0n) is 12.6. The van der Waals surface area contributed by atoms with Crippen molar-refractivity contribution >= 4 is 29.0 Å². The van der Waals surface area contributed by atoms with Crippen LogP contribution in [0.1, 0.15) is 28.8 Å². The number of rotatable bonds is 5. The van der Waals surface area contributed by atoms with E-state index < -0.39 is 28.9 Å². The van der Waals surface area contributed by atoms with E-state index in [0.717, 1.165) is 0 Å². The molecule has 1 amide bonds. The Labute approximate surface area is 144 Å². The molecule has 2 rings (SSSR count). The van der Waals surface area contributed by atoms with Crippen molar-refractivity contribution in [3.63, 3.8) is 0 Å². The van der Waals surface area contributed by atoms with Crippen molar-refractivity contribution in [2.75, 3.05) is 5.32 Å². The lowest BCUT2D eigenvalue weighted by atomic mass is 10.1. The molecule has 0 aliphatic heterocycles. The van der Waals surface area contributed by atoms with Gasteiger partial charge in [-0.2, -0.15) is 13.2 Å². The minimum atomic E-state index is -4.66. The summed E-state index contributed by atoms with van der Waals surface area (Å²) in [6.45, 7) is 0. The Hall–Kier alpha value is -2.61. The van der Waals surface area contributed by atoms with Crippen LogP contribution in [0.25, 0.3) is 0 Å². The van der Waals surface area contributed by atoms with E-state index in [9.17, 15) is 27.6 Å². The van der Waals surface area contributed by atoms with Gasteiger partial charge in [-0.05, 0) is 30.3 Å². The van der Waals surface area contributed by atoms with Gasteiger partial charge in [-0.25, -0.2) is 0 Å². The predicted molar refractivity (Wildman–Crippen MR) is 85.7 cm³/mol. The van der Waals surface area contributed by atoms with Crippen LogP contribution in [-0.2, 0) is 11.0 Å². The van der Waals surface area contributed by atoms with Crippen molar-refractivity contribution in [1.82, 2.24) is 4.98 Å². The number of alkyl halides is 3. The van der Waals surface area contributed by atoms with Crippen molar-refractivity contribution in [3.8, 4) is 0 Å². The van der Waals surface area contributed by atoms with Crippen LogP contribution in [-0.4, -0.2) is 16.7 Å². The Balaban J connectivity index is 2.00. The Morgan fingerprint density at radius 2 is 1.76 bits per heavy atom. The van der Waals surface area contributed by atoms with Crippen LogP contribution in [0.5, 0.6) is 0 Å². The number of hydrogen-bond acceptors (Lipinski definition) is 3. The number of ketones is 1. The fourth-order valence-corrected chi connectivity index (χ4v) is 2.09. The molecule has 0 aliphatic rings. The Morgan fingerprint density at radius 1 is 1.12 bits per heavy atom. The first-order chi connectivity index (χ1) is 11.7. The first kappa shape index (κ1) is 18.7. The van der Waals surface area contributed by atoms with Crippen LogP contribution in [0, 0.1) is 0 Å². The highest BCUT2D eigenvalue weighted by Gasteiger charge is 2.31. The molecule has 0 radical (unpaired) electrons. The van der Waals surface area contributed by atoms with Gasteiger partial charge >= 0.3 is 6.18 Å². The van der Waals surface area contributed by atoms with Crippen LogP contribution in [0.3, 0.4) is 0 Å². The molecule has 0 saturated heterocycles. The number of aromatic nitrogens is 1. The van der Waals surface area contributed by atoms with Gasteiger partial charge in [-0.3, -0.25) is 14.4 Å². The average Bonchev–Trinajstić information content (AvgIpc) is 2.54. The van der Waals surface area contributed by atoms with Crippen LogP contribution in [0.4, 0.5) is 18.9 Å². The number of aromatic amines is 1. The van der Waals surface area contributed by atoms with Crippen LogP contribution >= 0.6 is 11.6 Å². The second-order valence-electron chi connectivity index (χ2n) is 5.11. The zero-order valence-corrected chi connectivity index (χ0v) is 13.4. The molecule has 1 heterocycles. The van der Waals surface area contributed by atoms with E-state index in [-0.39, 0.29) is 18.6 Å². The molecule has 25 heavy (non-hydrogen) atoms. The van der Waals surface area contributed by atoms with E-state index in [0.29, 0.717) is 22.8 Å². The molecule has 0 fully saturated rings. The van der Waals surface area contributed by atoms with Gasteiger partial charge in [0.15, 0.2) is 5.78 Å². The van der Waals surface area contributed by atoms with E-state index >= 15 is 0 Å². The lowest BCUT2D eigenvalue weighted by Crippen LogP contribution is -2.21. The summed E-state index contributed by atoms with van der Waals surface area (Å²) >= 11 is 5.71. The summed E-state index contributed by atoms with van der Waals surface area (Å²) in [5, 5.41) is 2.54. The Bertz CT molecular complexity index is 845. The van der Waals surface area contributed by atoms with Crippen LogP contribution < -0.4 is 10.9 Å². The summed E-state index contributed by atoms with van der Waals surface area (Å²) in [5.74, 6) is -1.07. The summed E-state index contributed by atoms with van der Waals surface area (Å²) in [5.41, 5.74) is -2.14. The average molecular weight is 373 g/mol. The largest absolute Gasteiger partial charge is 0.417 e. The zero-order chi connectivity index (χ0) is 18.6. The van der Waals surface area contributed by atoms with Crippen molar-refractivity contribution in [2.24, 2.45) is 0 Å². The Morgan fingerprint density at radius 3 is 2.36 bits per heavy atom. The van der Waals surface area contributed by atoms with Gasteiger partial charge < -0.3 is 10.3 Å². The first-order valence-electron chi connectivity index (χ1n) is 7.05. The number of benzene rings is 1. The SMILES string of the molecule is O=C(CCC(=O)c1ccc(Cl)cc1)Nc1cc(C(F)(F)F)c[nH]c1=O. The highest BCUT2D eigenvalue weighted by atomic mass is 35.5. The fourth-order valence-electron chi connectivity index (χ4n) is 1.96. The maximum absolute atomic E-state index is 12.6. The minimum absolute atomic E-state index is 0.162. The molecular formula is C16H12ClF3N2O3. The van der Waals surface area contributed by atoms with E-state index in [1.165, 1.54) is 24.3 Å². The van der Waals surface area contributed by atoms with E-state index in [1.54, 1.807) is 0 Å². The summed E-state index contributed by atoms with van der Waals surface area (Å²) < 4.78 is 37.9. The van der Waals surface area contributed by atoms with Gasteiger partial charge in [0.2, 0.25) is 5.91 Å². The number of anilines is 1. The molecular weight excluding hydrogens is 361 g/mol. The molecule has 5 nitrogen and oxygen atoms in total. The molecule has 2 aromatic rings. The highest BCUT2D eigenvalue weighted by molar-refractivity contribution is 6.30. The second kappa shape index (κ2) is 7.52. The van der Waals surface area contributed by atoms with Gasteiger partial charge in [0.1, 0.15) is 5.69 Å². The normalized spacial score (nSPS) is 11.2. The third-order valence-electron chi connectivity index (χ3n) is 3.25. The first-order valence-corrected chi connectivity index (χ1v) is 7.43. The molecule has 0 aliphatic carbocycles. The number of nitrogens with one attached hydrogen (secondary N) is 2. The molecule has 1 aromatic carbocycles. The van der Waals surface area contributed by atoms with Crippen molar-refractivity contribution in [3.05, 3.63) is 63.0 Å². The maximum Gasteiger partial charge on any atom is 0.417 e. The number of carbonyl (C=O) groups excluding carboxylic acids is 2. The molecule has 0 unspecified atom stereocenters. The quantitative estimate of drug-likeness (QED) is 0.786. The predicted octanol–water partition coefficient (Wildman–Crippen LogP) is 3.65. The summed E-state index contributed by atoms with van der Waals surface area (Å²) in [7, 11) is 0. The fraction of sp³-hybridized carbons (Fsp3) is 0.188. The number of H-pyrrole nitrogens is 1. The number of pyridine rings is 1. The van der Waals surface area contributed by atoms with Gasteiger partial charge in [-0.1, -0.05) is 11.6 Å². The van der Waals surface area contributed by atoms with Crippen LogP contribution in [0.15, 0.2) is 41.3 Å². The Kier molecular flexibility index (Phi) is 5.63. The number of carbonyl (C=O) groups is 2. The maximum atomic E-state index is 12.6. The van der Waals surface area contributed by atoms with Crippen LogP contribution in [0.2, 0.25) is 5.02 Å². The van der Waals surface area contributed by atoms with Crippen molar-refractivity contribution in [2.45, 2.75) is 19.0 Å². The highest BCUT2D eigenvalue weighted by Crippen LogP contribution is 2.29. The molecule has 2 N–H and O–H groups in total. The number of hydrogen-bond donors (Lipinski definition) is 2. The van der Waals surface area contributed by atoms with E-state index in [4.69, 9.17) is 11.6 Å². The second-order valence-corrected chi connectivity index (χ2v) is 5.54. The third-order valence-corrected chi connectivity index (χ3v) is 3.50. The van der Waals surface area contributed by atoms with Crippen molar-refractivity contribution < 1.29 is 22.8 Å². The summed E-state index contributed by atoms with van der Waals surface area (Å²) in [4.78, 5) is 37.1. The standard InChI is InChI=1S/C16H12ClF3N2O3/c17-11-3-1-9(2-4-11)13(23)5-6-14(24)22-12-7-10(16(18,19)20)8-21-15(12)25/h1-4,7-8H,5-6H2,(H,21,25)(H,22,24). The van der Waals surface area contributed by atoms with Gasteiger partial charge in [0.05, 0.1) is 5.56 Å². The van der Waals surface area contributed by atoms with Crippen molar-refractivity contribution in [1.29, 1.82) is 0 Å². The monoisotopic (exact) mass is 372 g/mol. The smallest absolute Gasteiger partial charge is 0.327 e. The lowest BCUT2D eigenvalue weighted by molar-refractivity contribution is -0.137. The van der Waals surface area contributed by atoms with E-state index in [2.05, 4.69) is 5.32 Å². The topological polar surface area (TPSA) is 79.0 Å². The molecule has 0 bridgehead atoms. The number of amides is 1. The molecule has 0 atom stereocenters. The number of halogens is 4. The minimum Gasteiger partial charge on any atom is -0.327 e. The van der Waals surface area contributed by atoms with Gasteiger partial charge in [0, 0.05) is 29.6 Å². The lowest BCUT2D eigenvalue weighted by Gasteiger charge is -2.09. The molecule has 9 heteroatoms. The summed E-state index contributed by atoms with van der Waals surface area (Å²) in [6.07, 6.45) is -4.59. The third kappa shape index (κ3) is 5.18. The summed E-state index contributed by atoms with van der Waals surface area (Å²) in [6, 6.07) is 6.59. The van der Waals surface area contributed by atoms with Gasteiger partial charge in [-0.15, -0.1) is 0 Å². The number of Topliss-reactive ketones (excluding diaryl/α,β-unsaturated/α-hetero) is 1. The van der Waals surface area contributed by atoms with Gasteiger partial charge in [0.25, 0.3) is 5.56 Å². The molecule has 1 aromatic heterocycles.